The predicted octanol–water partition coefficient (Wildman–Crippen LogP) is 3.25. The first-order chi connectivity index (χ1) is 14.5. The minimum atomic E-state index is -0.313. The number of rotatable bonds is 7. The molecule has 0 radical (unpaired) electrons. The number of amides is 3. The van der Waals surface area contributed by atoms with Gasteiger partial charge in [0.05, 0.1) is 18.6 Å². The van der Waals surface area contributed by atoms with Crippen LogP contribution in [0.1, 0.15) is 24.2 Å². The maximum absolute atomic E-state index is 12.7. The third-order valence-electron chi connectivity index (χ3n) is 4.88. The lowest BCUT2D eigenvalue weighted by molar-refractivity contribution is -0.120. The maximum atomic E-state index is 12.7. The highest BCUT2D eigenvalue weighted by molar-refractivity contribution is 8.00. The first-order valence-corrected chi connectivity index (χ1v) is 10.8. The highest BCUT2D eigenvalue weighted by atomic mass is 32.2. The number of nitrogens with one attached hydrogen (secondary N) is 1. The zero-order chi connectivity index (χ0) is 21.7. The van der Waals surface area contributed by atoms with E-state index >= 15 is 0 Å². The van der Waals surface area contributed by atoms with E-state index in [0.717, 1.165) is 4.90 Å². The average molecular weight is 428 g/mol. The average Bonchev–Trinajstić information content (AvgIpc) is 2.76. The second kappa shape index (κ2) is 9.67. The molecule has 0 atom stereocenters. The van der Waals surface area contributed by atoms with Gasteiger partial charge >= 0.3 is 0 Å². The molecule has 0 bridgehead atoms. The third-order valence-corrected chi connectivity index (χ3v) is 5.92. The van der Waals surface area contributed by atoms with E-state index in [4.69, 9.17) is 4.74 Å². The fourth-order valence-corrected chi connectivity index (χ4v) is 4.14. The summed E-state index contributed by atoms with van der Waals surface area (Å²) < 4.78 is 5.11. The molecule has 3 amide bonds. The van der Waals surface area contributed by atoms with Crippen molar-refractivity contribution in [2.24, 2.45) is 0 Å². The number of anilines is 2. The van der Waals surface area contributed by atoms with E-state index in [1.165, 1.54) is 16.7 Å². The number of hydrogen-bond acceptors (Lipinski definition) is 5. The Balaban J connectivity index is 1.80. The van der Waals surface area contributed by atoms with Crippen LogP contribution in [-0.2, 0) is 9.59 Å². The van der Waals surface area contributed by atoms with Gasteiger partial charge in [0.1, 0.15) is 12.3 Å². The van der Waals surface area contributed by atoms with Crippen LogP contribution in [0.15, 0.2) is 47.4 Å². The van der Waals surface area contributed by atoms with E-state index in [-0.39, 0.29) is 30.0 Å². The lowest BCUT2D eigenvalue weighted by atomic mass is 10.1. The largest absolute Gasteiger partial charge is 0.497 e. The van der Waals surface area contributed by atoms with Crippen LogP contribution in [0.4, 0.5) is 11.4 Å². The van der Waals surface area contributed by atoms with Crippen molar-refractivity contribution in [1.82, 2.24) is 4.90 Å². The van der Waals surface area contributed by atoms with E-state index in [1.807, 2.05) is 19.9 Å². The van der Waals surface area contributed by atoms with Crippen molar-refractivity contribution in [3.05, 3.63) is 48.0 Å². The zero-order valence-electron chi connectivity index (χ0n) is 17.3. The minimum Gasteiger partial charge on any atom is -0.497 e. The molecule has 2 aromatic carbocycles. The number of thioether (sulfide) groups is 1. The van der Waals surface area contributed by atoms with Gasteiger partial charge in [0.2, 0.25) is 11.8 Å². The maximum Gasteiger partial charge on any atom is 0.253 e. The van der Waals surface area contributed by atoms with Crippen LogP contribution in [0, 0.1) is 0 Å². The van der Waals surface area contributed by atoms with Crippen molar-refractivity contribution in [2.75, 3.05) is 42.7 Å². The van der Waals surface area contributed by atoms with Crippen molar-refractivity contribution in [2.45, 2.75) is 18.7 Å². The number of carbonyl (C=O) groups is 3. The Hall–Kier alpha value is -3.00. The second-order valence-corrected chi connectivity index (χ2v) is 7.72. The SMILES string of the molecule is CCN(CC)C(=O)c1ccc2c(c1)N(CC(=O)Nc1ccc(OC)cc1)C(=O)CS2. The molecule has 0 unspecified atom stereocenters. The standard InChI is InChI=1S/C22H25N3O4S/c1-4-24(5-2)22(28)15-6-11-19-18(12-15)25(21(27)14-30-19)13-20(26)23-16-7-9-17(29-3)10-8-16/h6-12H,4-5,13-14H2,1-3H3,(H,23,26). The van der Waals surface area contributed by atoms with E-state index in [2.05, 4.69) is 5.32 Å². The van der Waals surface area contributed by atoms with Gasteiger partial charge in [-0.15, -0.1) is 11.8 Å². The normalized spacial score (nSPS) is 12.9. The first-order valence-electron chi connectivity index (χ1n) is 9.77. The molecule has 2 aromatic rings. The van der Waals surface area contributed by atoms with Gasteiger partial charge < -0.3 is 19.9 Å². The summed E-state index contributed by atoms with van der Waals surface area (Å²) in [4.78, 5) is 41.9. The number of fused-ring (bicyclic) bond motifs is 1. The summed E-state index contributed by atoms with van der Waals surface area (Å²) >= 11 is 1.41. The smallest absolute Gasteiger partial charge is 0.253 e. The van der Waals surface area contributed by atoms with E-state index < -0.39 is 0 Å². The number of nitrogens with zero attached hydrogens (tertiary/aromatic N) is 2. The molecule has 8 heteroatoms. The van der Waals surface area contributed by atoms with Crippen molar-refractivity contribution < 1.29 is 19.1 Å². The summed E-state index contributed by atoms with van der Waals surface area (Å²) in [6, 6.07) is 12.3. The Morgan fingerprint density at radius 3 is 2.47 bits per heavy atom. The topological polar surface area (TPSA) is 79.0 Å². The summed E-state index contributed by atoms with van der Waals surface area (Å²) in [6.45, 7) is 4.94. The predicted molar refractivity (Wildman–Crippen MR) is 118 cm³/mol. The Morgan fingerprint density at radius 2 is 1.83 bits per heavy atom. The molecule has 1 N–H and O–H groups in total. The molecule has 0 saturated heterocycles. The van der Waals surface area contributed by atoms with Crippen molar-refractivity contribution in [3.63, 3.8) is 0 Å². The Labute approximate surface area is 180 Å². The Morgan fingerprint density at radius 1 is 1.13 bits per heavy atom. The Kier molecular flexibility index (Phi) is 6.99. The van der Waals surface area contributed by atoms with Gasteiger partial charge in [-0.05, 0) is 56.3 Å². The number of hydrogen-bond donors (Lipinski definition) is 1. The number of ether oxygens (including phenoxy) is 1. The Bertz CT molecular complexity index is 942. The quantitative estimate of drug-likeness (QED) is 0.734. The fourth-order valence-electron chi connectivity index (χ4n) is 3.22. The van der Waals surface area contributed by atoms with E-state index in [1.54, 1.807) is 48.4 Å². The van der Waals surface area contributed by atoms with E-state index in [9.17, 15) is 14.4 Å². The molecule has 158 valence electrons. The summed E-state index contributed by atoms with van der Waals surface area (Å²) in [5, 5.41) is 2.80. The molecule has 1 heterocycles. The molecule has 0 aliphatic carbocycles. The summed E-state index contributed by atoms with van der Waals surface area (Å²) in [7, 11) is 1.57. The van der Waals surface area contributed by atoms with Gasteiger partial charge in [-0.1, -0.05) is 0 Å². The fraction of sp³-hybridized carbons (Fsp3) is 0.318. The molecular formula is C22H25N3O4S. The van der Waals surface area contributed by atoms with Crippen LogP contribution in [0.5, 0.6) is 5.75 Å². The third kappa shape index (κ3) is 4.76. The molecule has 1 aliphatic rings. The van der Waals surface area contributed by atoms with Crippen LogP contribution >= 0.6 is 11.8 Å². The monoisotopic (exact) mass is 427 g/mol. The van der Waals surface area contributed by atoms with Gasteiger partial charge in [0.15, 0.2) is 0 Å². The van der Waals surface area contributed by atoms with Gasteiger partial charge in [-0.3, -0.25) is 14.4 Å². The van der Waals surface area contributed by atoms with E-state index in [0.29, 0.717) is 35.8 Å². The highest BCUT2D eigenvalue weighted by Crippen LogP contribution is 2.36. The summed E-state index contributed by atoms with van der Waals surface area (Å²) in [5.41, 5.74) is 1.72. The van der Waals surface area contributed by atoms with Crippen molar-refractivity contribution in [1.29, 1.82) is 0 Å². The van der Waals surface area contributed by atoms with Gasteiger partial charge in [0.25, 0.3) is 5.91 Å². The van der Waals surface area contributed by atoms with Crippen LogP contribution in [0.25, 0.3) is 0 Å². The van der Waals surface area contributed by atoms with Gasteiger partial charge in [-0.2, -0.15) is 0 Å². The second-order valence-electron chi connectivity index (χ2n) is 6.71. The number of benzene rings is 2. The van der Waals surface area contributed by atoms with Crippen molar-refractivity contribution in [3.8, 4) is 5.75 Å². The van der Waals surface area contributed by atoms with Crippen LogP contribution in [0.3, 0.4) is 0 Å². The lowest BCUT2D eigenvalue weighted by Crippen LogP contribution is -2.41. The molecule has 0 fully saturated rings. The number of methoxy groups -OCH3 is 1. The molecule has 0 spiro atoms. The lowest BCUT2D eigenvalue weighted by Gasteiger charge is -2.29. The molecule has 7 nitrogen and oxygen atoms in total. The highest BCUT2D eigenvalue weighted by Gasteiger charge is 2.28. The van der Waals surface area contributed by atoms with Crippen LogP contribution < -0.4 is 15.0 Å². The van der Waals surface area contributed by atoms with Crippen molar-refractivity contribution >= 4 is 40.9 Å². The molecule has 30 heavy (non-hydrogen) atoms. The first kappa shape index (κ1) is 21.7. The molecule has 1 aliphatic heterocycles. The van der Waals surface area contributed by atoms with Crippen LogP contribution in [-0.4, -0.2) is 55.1 Å². The molecular weight excluding hydrogens is 402 g/mol. The summed E-state index contributed by atoms with van der Waals surface area (Å²) in [5.74, 6) is 0.382. The summed E-state index contributed by atoms with van der Waals surface area (Å²) in [6.07, 6.45) is 0. The number of carbonyl (C=O) groups excluding carboxylic acids is 3. The van der Waals surface area contributed by atoms with Gasteiger partial charge in [0, 0.05) is 29.2 Å². The minimum absolute atomic E-state index is 0.0894. The molecule has 3 rings (SSSR count). The molecule has 0 saturated carbocycles. The zero-order valence-corrected chi connectivity index (χ0v) is 18.1. The molecule has 0 aromatic heterocycles. The van der Waals surface area contributed by atoms with Gasteiger partial charge in [-0.25, -0.2) is 0 Å². The van der Waals surface area contributed by atoms with Crippen LogP contribution in [0.2, 0.25) is 0 Å².